The lowest BCUT2D eigenvalue weighted by Crippen LogP contribution is -2.11. The van der Waals surface area contributed by atoms with Gasteiger partial charge in [-0.25, -0.2) is 0 Å². The minimum Gasteiger partial charge on any atom is -0.324 e. The van der Waals surface area contributed by atoms with E-state index in [4.69, 9.17) is 11.0 Å². The van der Waals surface area contributed by atoms with Crippen LogP contribution in [0.4, 0.5) is 0 Å². The van der Waals surface area contributed by atoms with E-state index in [-0.39, 0.29) is 6.04 Å². The molecule has 1 aliphatic heterocycles. The van der Waals surface area contributed by atoms with Gasteiger partial charge in [0, 0.05) is 17.4 Å². The Balaban J connectivity index is 2.13. The second-order valence-corrected chi connectivity index (χ2v) is 5.26. The van der Waals surface area contributed by atoms with Crippen molar-refractivity contribution in [3.8, 4) is 6.07 Å². The van der Waals surface area contributed by atoms with Crippen LogP contribution in [-0.2, 0) is 6.42 Å². The van der Waals surface area contributed by atoms with Gasteiger partial charge in [0.1, 0.15) is 0 Å². The number of nitrogens with zero attached hydrogens (tertiary/aromatic N) is 1. The lowest BCUT2D eigenvalue weighted by molar-refractivity contribution is 0.662. The summed E-state index contributed by atoms with van der Waals surface area (Å²) in [6.45, 7) is 0. The number of fused-ring (bicyclic) bond motifs is 1. The van der Waals surface area contributed by atoms with E-state index in [0.717, 1.165) is 6.42 Å². The van der Waals surface area contributed by atoms with Crippen LogP contribution in [0, 0.1) is 11.3 Å². The number of hydrogen-bond donors (Lipinski definition) is 1. The molecule has 0 amide bonds. The summed E-state index contributed by atoms with van der Waals surface area (Å²) in [7, 11) is 0. The molecule has 84 valence electrons. The van der Waals surface area contributed by atoms with Crippen molar-refractivity contribution in [3.05, 3.63) is 29.3 Å². The topological polar surface area (TPSA) is 49.8 Å². The van der Waals surface area contributed by atoms with Gasteiger partial charge in [0.2, 0.25) is 0 Å². The Morgan fingerprint density at radius 3 is 3.19 bits per heavy atom. The van der Waals surface area contributed by atoms with Gasteiger partial charge in [-0.1, -0.05) is 12.1 Å². The van der Waals surface area contributed by atoms with Gasteiger partial charge in [0.25, 0.3) is 0 Å². The predicted octanol–water partition coefficient (Wildman–Crippen LogP) is 3.03. The Bertz CT molecular complexity index is 409. The smallest absolute Gasteiger partial charge is 0.0622 e. The van der Waals surface area contributed by atoms with E-state index in [0.29, 0.717) is 6.42 Å². The van der Waals surface area contributed by atoms with Crippen molar-refractivity contribution in [3.63, 3.8) is 0 Å². The quantitative estimate of drug-likeness (QED) is 0.871. The summed E-state index contributed by atoms with van der Waals surface area (Å²) < 4.78 is 0. The Hall–Kier alpha value is -0.980. The zero-order valence-electron chi connectivity index (χ0n) is 9.28. The Morgan fingerprint density at radius 2 is 2.38 bits per heavy atom. The number of benzene rings is 1. The number of rotatable bonds is 3. The van der Waals surface area contributed by atoms with Crippen molar-refractivity contribution in [1.82, 2.24) is 0 Å². The van der Waals surface area contributed by atoms with Crippen LogP contribution in [0.1, 0.15) is 36.4 Å². The number of nitriles is 1. The number of nitrogens with two attached hydrogens (primary N) is 1. The minimum absolute atomic E-state index is 0.0110. The highest BCUT2D eigenvalue weighted by Crippen LogP contribution is 2.31. The number of hydrogen-bond acceptors (Lipinski definition) is 3. The highest BCUT2D eigenvalue weighted by molar-refractivity contribution is 7.99. The molecule has 1 heterocycles. The highest BCUT2D eigenvalue weighted by atomic mass is 32.2. The molecule has 0 fully saturated rings. The largest absolute Gasteiger partial charge is 0.324 e. The van der Waals surface area contributed by atoms with Crippen LogP contribution < -0.4 is 5.73 Å². The first-order valence-corrected chi connectivity index (χ1v) is 6.68. The predicted molar refractivity (Wildman–Crippen MR) is 67.3 cm³/mol. The summed E-state index contributed by atoms with van der Waals surface area (Å²) in [6.07, 6.45) is 3.71. The molecular weight excluding hydrogens is 216 g/mol. The van der Waals surface area contributed by atoms with Crippen LogP contribution in [-0.4, -0.2) is 5.75 Å². The molecule has 0 bridgehead atoms. The molecule has 1 aliphatic rings. The first-order valence-electron chi connectivity index (χ1n) is 5.69. The number of aryl methyl sites for hydroxylation is 1. The SMILES string of the molecule is N#CCCC(N)c1ccc2c(c1)CCCS2. The van der Waals surface area contributed by atoms with Crippen molar-refractivity contribution < 1.29 is 0 Å². The lowest BCUT2D eigenvalue weighted by atomic mass is 9.99. The fourth-order valence-electron chi connectivity index (χ4n) is 2.00. The minimum atomic E-state index is 0.0110. The first kappa shape index (κ1) is 11.5. The Kier molecular flexibility index (Phi) is 3.87. The van der Waals surface area contributed by atoms with Crippen molar-refractivity contribution in [2.45, 2.75) is 36.6 Å². The zero-order valence-corrected chi connectivity index (χ0v) is 10.1. The maximum absolute atomic E-state index is 8.55. The fraction of sp³-hybridized carbons (Fsp3) is 0.462. The van der Waals surface area contributed by atoms with Gasteiger partial charge in [-0.15, -0.1) is 11.8 Å². The van der Waals surface area contributed by atoms with Crippen LogP contribution in [0.15, 0.2) is 23.1 Å². The summed E-state index contributed by atoms with van der Waals surface area (Å²) >= 11 is 1.93. The molecule has 1 unspecified atom stereocenters. The normalized spacial score (nSPS) is 16.2. The summed E-state index contributed by atoms with van der Waals surface area (Å²) in [5.74, 6) is 1.23. The third-order valence-corrected chi connectivity index (χ3v) is 4.13. The maximum Gasteiger partial charge on any atom is 0.0622 e. The molecule has 0 spiro atoms. The molecule has 0 radical (unpaired) electrons. The van der Waals surface area contributed by atoms with E-state index in [1.807, 2.05) is 11.8 Å². The van der Waals surface area contributed by atoms with Crippen LogP contribution in [0.25, 0.3) is 0 Å². The lowest BCUT2D eigenvalue weighted by Gasteiger charge is -2.18. The van der Waals surface area contributed by atoms with Crippen LogP contribution in [0.5, 0.6) is 0 Å². The third kappa shape index (κ3) is 2.58. The maximum atomic E-state index is 8.55. The van der Waals surface area contributed by atoms with Gasteiger partial charge < -0.3 is 5.73 Å². The summed E-state index contributed by atoms with van der Waals surface area (Å²) in [6, 6.07) is 8.67. The van der Waals surface area contributed by atoms with E-state index in [1.54, 1.807) is 0 Å². The van der Waals surface area contributed by atoms with Gasteiger partial charge in [-0.3, -0.25) is 0 Å². The van der Waals surface area contributed by atoms with Crippen LogP contribution in [0.2, 0.25) is 0 Å². The van der Waals surface area contributed by atoms with E-state index < -0.39 is 0 Å². The third-order valence-electron chi connectivity index (χ3n) is 2.93. The van der Waals surface area contributed by atoms with Gasteiger partial charge in [-0.2, -0.15) is 5.26 Å². The molecule has 3 heteroatoms. The van der Waals surface area contributed by atoms with Gasteiger partial charge in [0.15, 0.2) is 0 Å². The first-order chi connectivity index (χ1) is 7.81. The zero-order chi connectivity index (χ0) is 11.4. The molecule has 2 nitrogen and oxygen atoms in total. The standard InChI is InChI=1S/C13H16N2S/c14-7-1-4-12(15)10-5-6-13-11(9-10)3-2-8-16-13/h5-6,9,12H,1-4,8,15H2. The average molecular weight is 232 g/mol. The summed E-state index contributed by atoms with van der Waals surface area (Å²) in [5.41, 5.74) is 8.67. The second kappa shape index (κ2) is 5.38. The van der Waals surface area contributed by atoms with Gasteiger partial charge in [0.05, 0.1) is 6.07 Å². The van der Waals surface area contributed by atoms with E-state index in [2.05, 4.69) is 24.3 Å². The van der Waals surface area contributed by atoms with E-state index >= 15 is 0 Å². The Morgan fingerprint density at radius 1 is 1.50 bits per heavy atom. The second-order valence-electron chi connectivity index (χ2n) is 4.12. The van der Waals surface area contributed by atoms with Crippen molar-refractivity contribution in [2.24, 2.45) is 5.73 Å². The fourth-order valence-corrected chi connectivity index (χ4v) is 3.02. The van der Waals surface area contributed by atoms with Crippen molar-refractivity contribution >= 4 is 11.8 Å². The van der Waals surface area contributed by atoms with E-state index in [1.165, 1.54) is 34.6 Å². The van der Waals surface area contributed by atoms with E-state index in [9.17, 15) is 0 Å². The number of thioether (sulfide) groups is 1. The molecule has 2 rings (SSSR count). The van der Waals surface area contributed by atoms with Crippen molar-refractivity contribution in [2.75, 3.05) is 5.75 Å². The summed E-state index contributed by atoms with van der Waals surface area (Å²) in [4.78, 5) is 1.41. The molecule has 1 aromatic carbocycles. The van der Waals surface area contributed by atoms with Gasteiger partial charge in [-0.05, 0) is 42.2 Å². The molecule has 16 heavy (non-hydrogen) atoms. The molecule has 1 atom stereocenters. The van der Waals surface area contributed by atoms with Gasteiger partial charge >= 0.3 is 0 Å². The molecule has 2 N–H and O–H groups in total. The average Bonchev–Trinajstić information content (AvgIpc) is 2.35. The molecule has 0 saturated carbocycles. The molecule has 0 aliphatic carbocycles. The Labute approximate surface area is 101 Å². The monoisotopic (exact) mass is 232 g/mol. The summed E-state index contributed by atoms with van der Waals surface area (Å²) in [5, 5.41) is 8.55. The molecule has 0 saturated heterocycles. The molecule has 1 aromatic rings. The van der Waals surface area contributed by atoms with Crippen LogP contribution in [0.3, 0.4) is 0 Å². The van der Waals surface area contributed by atoms with Crippen molar-refractivity contribution in [1.29, 1.82) is 5.26 Å². The molecule has 0 aromatic heterocycles. The van der Waals surface area contributed by atoms with Crippen LogP contribution >= 0.6 is 11.8 Å². The molecular formula is C13H16N2S. The highest BCUT2D eigenvalue weighted by Gasteiger charge is 2.12.